The lowest BCUT2D eigenvalue weighted by molar-refractivity contribution is -0.134. The van der Waals surface area contributed by atoms with Gasteiger partial charge in [-0.05, 0) is 64.3 Å². The molecule has 1 fully saturated rings. The normalized spacial score (nSPS) is 18.5. The van der Waals surface area contributed by atoms with Gasteiger partial charge in [-0.1, -0.05) is 0 Å². The maximum absolute atomic E-state index is 13.0. The molecule has 1 heterocycles. The van der Waals surface area contributed by atoms with E-state index in [0.717, 1.165) is 25.9 Å². The van der Waals surface area contributed by atoms with E-state index in [0.29, 0.717) is 37.3 Å². The van der Waals surface area contributed by atoms with Gasteiger partial charge in [-0.3, -0.25) is 4.79 Å². The number of piperidine rings is 1. The maximum Gasteiger partial charge on any atom is 0.224 e. The number of rotatable bonds is 8. The van der Waals surface area contributed by atoms with Crippen molar-refractivity contribution in [2.75, 3.05) is 26.2 Å². The fourth-order valence-corrected chi connectivity index (χ4v) is 3.24. The van der Waals surface area contributed by atoms with E-state index in [9.17, 15) is 9.18 Å². The van der Waals surface area contributed by atoms with Crippen molar-refractivity contribution in [1.29, 1.82) is 0 Å². The van der Waals surface area contributed by atoms with Crippen molar-refractivity contribution in [3.63, 3.8) is 0 Å². The highest BCUT2D eigenvalue weighted by molar-refractivity contribution is 5.81. The standard InChI is InChI=1S/C21H33FN4O2/c1-4-23-21(24-13-12-20(27)26-14-6-5-7-16(26)2)25-15-17(3)28-19-10-8-18(22)9-11-19/h8-11,16-17H,4-7,12-15H2,1-3H3,(H2,23,24,25). The van der Waals surface area contributed by atoms with Crippen LogP contribution in [0.4, 0.5) is 4.39 Å². The molecule has 1 saturated heterocycles. The van der Waals surface area contributed by atoms with Crippen LogP contribution < -0.4 is 15.4 Å². The molecule has 1 aliphatic rings. The van der Waals surface area contributed by atoms with Gasteiger partial charge in [0.15, 0.2) is 5.96 Å². The highest BCUT2D eigenvalue weighted by Crippen LogP contribution is 2.17. The van der Waals surface area contributed by atoms with Gasteiger partial charge in [-0.25, -0.2) is 9.38 Å². The van der Waals surface area contributed by atoms with Crippen molar-refractivity contribution in [3.8, 4) is 5.75 Å². The average Bonchev–Trinajstić information content (AvgIpc) is 2.68. The lowest BCUT2D eigenvalue weighted by atomic mass is 10.0. The van der Waals surface area contributed by atoms with Crippen LogP contribution in [0, 0.1) is 5.82 Å². The lowest BCUT2D eigenvalue weighted by Gasteiger charge is -2.33. The Bertz CT molecular complexity index is 636. The van der Waals surface area contributed by atoms with E-state index in [1.807, 2.05) is 18.7 Å². The maximum atomic E-state index is 13.0. The van der Waals surface area contributed by atoms with Crippen LogP contribution in [0.1, 0.15) is 46.5 Å². The van der Waals surface area contributed by atoms with Crippen molar-refractivity contribution < 1.29 is 13.9 Å². The number of ether oxygens (including phenoxy) is 1. The molecule has 156 valence electrons. The minimum atomic E-state index is -0.287. The molecule has 1 aliphatic heterocycles. The minimum Gasteiger partial charge on any atom is -0.489 e. The van der Waals surface area contributed by atoms with E-state index in [1.165, 1.54) is 18.6 Å². The van der Waals surface area contributed by atoms with Gasteiger partial charge >= 0.3 is 0 Å². The third-order valence-electron chi connectivity index (χ3n) is 4.76. The number of carbonyl (C=O) groups excluding carboxylic acids is 1. The summed E-state index contributed by atoms with van der Waals surface area (Å²) >= 11 is 0. The summed E-state index contributed by atoms with van der Waals surface area (Å²) in [4.78, 5) is 18.9. The highest BCUT2D eigenvalue weighted by Gasteiger charge is 2.22. The molecule has 6 nitrogen and oxygen atoms in total. The molecule has 1 aromatic carbocycles. The van der Waals surface area contributed by atoms with Gasteiger partial charge < -0.3 is 20.3 Å². The Kier molecular flexibility index (Phi) is 9.04. The van der Waals surface area contributed by atoms with Crippen molar-refractivity contribution in [1.82, 2.24) is 15.5 Å². The summed E-state index contributed by atoms with van der Waals surface area (Å²) in [6.07, 6.45) is 3.70. The van der Waals surface area contributed by atoms with E-state index < -0.39 is 0 Å². The van der Waals surface area contributed by atoms with E-state index in [-0.39, 0.29) is 17.8 Å². The number of hydrogen-bond donors (Lipinski definition) is 2. The summed E-state index contributed by atoms with van der Waals surface area (Å²) in [5, 5.41) is 6.40. The number of aliphatic imine (C=N–C) groups is 1. The van der Waals surface area contributed by atoms with Gasteiger partial charge in [-0.15, -0.1) is 0 Å². The Morgan fingerprint density at radius 3 is 2.75 bits per heavy atom. The second-order valence-electron chi connectivity index (χ2n) is 7.21. The van der Waals surface area contributed by atoms with Crippen LogP contribution in [0.5, 0.6) is 5.75 Å². The largest absolute Gasteiger partial charge is 0.489 e. The second kappa shape index (κ2) is 11.5. The zero-order valence-electron chi connectivity index (χ0n) is 17.2. The lowest BCUT2D eigenvalue weighted by Crippen LogP contribution is -2.44. The molecule has 2 unspecified atom stereocenters. The molecule has 2 atom stereocenters. The van der Waals surface area contributed by atoms with Gasteiger partial charge in [0.2, 0.25) is 5.91 Å². The molecule has 0 aliphatic carbocycles. The fourth-order valence-electron chi connectivity index (χ4n) is 3.24. The summed E-state index contributed by atoms with van der Waals surface area (Å²) in [7, 11) is 0. The Morgan fingerprint density at radius 1 is 1.32 bits per heavy atom. The first-order chi connectivity index (χ1) is 13.5. The first kappa shape index (κ1) is 22.0. The summed E-state index contributed by atoms with van der Waals surface area (Å²) in [5.41, 5.74) is 0. The number of carbonyl (C=O) groups is 1. The molecule has 0 radical (unpaired) electrons. The predicted octanol–water partition coefficient (Wildman–Crippen LogP) is 2.94. The van der Waals surface area contributed by atoms with Gasteiger partial charge in [0, 0.05) is 32.1 Å². The number of hydrogen-bond acceptors (Lipinski definition) is 3. The van der Waals surface area contributed by atoms with E-state index in [4.69, 9.17) is 4.74 Å². The highest BCUT2D eigenvalue weighted by atomic mass is 19.1. The Morgan fingerprint density at radius 2 is 2.07 bits per heavy atom. The molecule has 0 spiro atoms. The topological polar surface area (TPSA) is 66.0 Å². The zero-order chi connectivity index (χ0) is 20.4. The number of amides is 1. The number of nitrogens with zero attached hydrogens (tertiary/aromatic N) is 2. The number of guanidine groups is 1. The summed E-state index contributed by atoms with van der Waals surface area (Å²) < 4.78 is 18.7. The Balaban J connectivity index is 1.77. The number of likely N-dealkylation sites (tertiary alicyclic amines) is 1. The van der Waals surface area contributed by atoms with Crippen molar-refractivity contribution >= 4 is 11.9 Å². The van der Waals surface area contributed by atoms with Crippen LogP contribution in [-0.4, -0.2) is 55.1 Å². The molecule has 7 heteroatoms. The van der Waals surface area contributed by atoms with E-state index in [2.05, 4.69) is 22.5 Å². The third kappa shape index (κ3) is 7.37. The quantitative estimate of drug-likeness (QED) is 0.527. The molecule has 28 heavy (non-hydrogen) atoms. The zero-order valence-corrected chi connectivity index (χ0v) is 17.2. The third-order valence-corrected chi connectivity index (χ3v) is 4.76. The number of halogens is 1. The molecular weight excluding hydrogens is 359 g/mol. The molecule has 0 saturated carbocycles. The van der Waals surface area contributed by atoms with Crippen LogP contribution in [-0.2, 0) is 4.79 Å². The van der Waals surface area contributed by atoms with Crippen LogP contribution >= 0.6 is 0 Å². The van der Waals surface area contributed by atoms with Crippen molar-refractivity contribution in [2.24, 2.45) is 4.99 Å². The molecule has 2 N–H and O–H groups in total. The number of benzene rings is 1. The summed E-state index contributed by atoms with van der Waals surface area (Å²) in [6, 6.07) is 6.29. The monoisotopic (exact) mass is 392 g/mol. The number of nitrogens with one attached hydrogen (secondary N) is 2. The Labute approximate surface area is 167 Å². The molecular formula is C21H33FN4O2. The smallest absolute Gasteiger partial charge is 0.224 e. The van der Waals surface area contributed by atoms with Gasteiger partial charge in [0.25, 0.3) is 0 Å². The van der Waals surface area contributed by atoms with Gasteiger partial charge in [-0.2, -0.15) is 0 Å². The molecule has 0 aromatic heterocycles. The summed E-state index contributed by atoms with van der Waals surface area (Å²) in [5.74, 6) is 1.19. The molecule has 0 bridgehead atoms. The molecule has 2 rings (SSSR count). The first-order valence-corrected chi connectivity index (χ1v) is 10.2. The van der Waals surface area contributed by atoms with Crippen LogP contribution in [0.15, 0.2) is 29.3 Å². The van der Waals surface area contributed by atoms with Gasteiger partial charge in [0.1, 0.15) is 17.7 Å². The van der Waals surface area contributed by atoms with E-state index >= 15 is 0 Å². The predicted molar refractivity (Wildman–Crippen MR) is 110 cm³/mol. The van der Waals surface area contributed by atoms with Crippen LogP contribution in [0.25, 0.3) is 0 Å². The van der Waals surface area contributed by atoms with Crippen LogP contribution in [0.3, 0.4) is 0 Å². The fraction of sp³-hybridized carbons (Fsp3) is 0.619. The first-order valence-electron chi connectivity index (χ1n) is 10.2. The van der Waals surface area contributed by atoms with Crippen molar-refractivity contribution in [3.05, 3.63) is 30.1 Å². The minimum absolute atomic E-state index is 0.156. The second-order valence-corrected chi connectivity index (χ2v) is 7.21. The molecule has 1 amide bonds. The summed E-state index contributed by atoms with van der Waals surface area (Å²) in [6.45, 7) is 8.62. The van der Waals surface area contributed by atoms with Gasteiger partial charge in [0.05, 0.1) is 6.54 Å². The van der Waals surface area contributed by atoms with Crippen LogP contribution in [0.2, 0.25) is 0 Å². The van der Waals surface area contributed by atoms with Crippen molar-refractivity contribution in [2.45, 2.75) is 58.6 Å². The van der Waals surface area contributed by atoms with E-state index in [1.54, 1.807) is 12.1 Å². The molecule has 1 aromatic rings. The Hall–Kier alpha value is -2.31. The average molecular weight is 393 g/mol. The SMILES string of the molecule is CCNC(=NCC(C)Oc1ccc(F)cc1)NCCC(=O)N1CCCCC1C.